The Hall–Kier alpha value is -1.22. The minimum Gasteiger partial charge on any atom is -0.508 e. The standard InChI is InChI=1S/C16H27N3O3.HI/c1-6-17-15(19-11-16(2,3)22-5)18-10-12-9-13(21-4)7-8-14(12)20;/h7-9,20H,6,10-11H2,1-5H3,(H2,17,18,19);1H. The number of methoxy groups -OCH3 is 2. The molecule has 0 amide bonds. The maximum absolute atomic E-state index is 9.88. The largest absolute Gasteiger partial charge is 0.508 e. The summed E-state index contributed by atoms with van der Waals surface area (Å²) in [5, 5.41) is 16.3. The molecule has 0 heterocycles. The summed E-state index contributed by atoms with van der Waals surface area (Å²) in [4.78, 5) is 4.48. The topological polar surface area (TPSA) is 75.1 Å². The van der Waals surface area contributed by atoms with Gasteiger partial charge >= 0.3 is 0 Å². The Balaban J connectivity index is 0.00000484. The Morgan fingerprint density at radius 1 is 1.26 bits per heavy atom. The Morgan fingerprint density at radius 3 is 2.52 bits per heavy atom. The van der Waals surface area contributed by atoms with Crippen LogP contribution < -0.4 is 15.4 Å². The lowest BCUT2D eigenvalue weighted by Gasteiger charge is -2.24. The third-order valence-corrected chi connectivity index (χ3v) is 3.27. The van der Waals surface area contributed by atoms with Gasteiger partial charge in [0.25, 0.3) is 0 Å². The molecule has 0 unspecified atom stereocenters. The van der Waals surface area contributed by atoms with E-state index < -0.39 is 0 Å². The Kier molecular flexibility index (Phi) is 9.98. The molecule has 0 spiro atoms. The monoisotopic (exact) mass is 437 g/mol. The van der Waals surface area contributed by atoms with Crippen LogP contribution in [0, 0.1) is 0 Å². The van der Waals surface area contributed by atoms with E-state index in [1.54, 1.807) is 32.4 Å². The van der Waals surface area contributed by atoms with Gasteiger partial charge in [0.15, 0.2) is 5.96 Å². The molecule has 132 valence electrons. The van der Waals surface area contributed by atoms with Gasteiger partial charge in [-0.2, -0.15) is 0 Å². The van der Waals surface area contributed by atoms with Crippen LogP contribution in [0.5, 0.6) is 11.5 Å². The van der Waals surface area contributed by atoms with Crippen LogP contribution in [0.15, 0.2) is 23.2 Å². The highest BCUT2D eigenvalue weighted by Gasteiger charge is 2.16. The molecular formula is C16H28IN3O3. The third-order valence-electron chi connectivity index (χ3n) is 3.27. The first kappa shape index (κ1) is 21.8. The van der Waals surface area contributed by atoms with Crippen molar-refractivity contribution in [3.05, 3.63) is 23.8 Å². The Morgan fingerprint density at radius 2 is 1.96 bits per heavy atom. The SMILES string of the molecule is CCNC(=NCc1cc(OC)ccc1O)NCC(C)(C)OC.I. The smallest absolute Gasteiger partial charge is 0.191 e. The van der Waals surface area contributed by atoms with Crippen molar-refractivity contribution >= 4 is 29.9 Å². The van der Waals surface area contributed by atoms with Crippen LogP contribution in [0.1, 0.15) is 26.3 Å². The molecule has 6 nitrogen and oxygen atoms in total. The van der Waals surface area contributed by atoms with Crippen LogP contribution in [-0.4, -0.2) is 44.0 Å². The van der Waals surface area contributed by atoms with Crippen LogP contribution in [0.25, 0.3) is 0 Å². The van der Waals surface area contributed by atoms with Crippen LogP contribution in [0.2, 0.25) is 0 Å². The van der Waals surface area contributed by atoms with E-state index in [0.717, 1.165) is 6.54 Å². The summed E-state index contributed by atoms with van der Waals surface area (Å²) in [6.45, 7) is 7.73. The van der Waals surface area contributed by atoms with Gasteiger partial charge in [-0.15, -0.1) is 24.0 Å². The number of halogens is 1. The maximum Gasteiger partial charge on any atom is 0.191 e. The molecule has 1 rings (SSSR count). The Bertz CT molecular complexity index is 507. The molecule has 1 aromatic carbocycles. The minimum atomic E-state index is -0.283. The summed E-state index contributed by atoms with van der Waals surface area (Å²) in [6, 6.07) is 5.10. The van der Waals surface area contributed by atoms with Gasteiger partial charge in [-0.3, -0.25) is 0 Å². The van der Waals surface area contributed by atoms with Gasteiger partial charge in [-0.05, 0) is 39.0 Å². The van der Waals surface area contributed by atoms with Crippen molar-refractivity contribution in [2.24, 2.45) is 4.99 Å². The molecule has 0 bridgehead atoms. The maximum atomic E-state index is 9.88. The lowest BCUT2D eigenvalue weighted by Crippen LogP contribution is -2.45. The summed E-state index contributed by atoms with van der Waals surface area (Å²) < 4.78 is 10.5. The number of guanidine groups is 1. The average molecular weight is 437 g/mol. The van der Waals surface area contributed by atoms with Gasteiger partial charge in [0, 0.05) is 25.8 Å². The first-order valence-electron chi connectivity index (χ1n) is 7.35. The second-order valence-corrected chi connectivity index (χ2v) is 5.51. The number of ether oxygens (including phenoxy) is 2. The molecule has 0 aliphatic rings. The predicted octanol–water partition coefficient (Wildman–Crippen LogP) is 2.50. The van der Waals surface area contributed by atoms with E-state index in [0.29, 0.717) is 30.4 Å². The van der Waals surface area contributed by atoms with Crippen molar-refractivity contribution in [3.8, 4) is 11.5 Å². The molecule has 0 atom stereocenters. The first-order valence-corrected chi connectivity index (χ1v) is 7.35. The van der Waals surface area contributed by atoms with E-state index >= 15 is 0 Å². The molecule has 3 N–H and O–H groups in total. The van der Waals surface area contributed by atoms with Crippen molar-refractivity contribution in [2.45, 2.75) is 32.9 Å². The van der Waals surface area contributed by atoms with E-state index in [4.69, 9.17) is 9.47 Å². The van der Waals surface area contributed by atoms with Gasteiger partial charge in [-0.1, -0.05) is 0 Å². The highest BCUT2D eigenvalue weighted by atomic mass is 127. The van der Waals surface area contributed by atoms with Gasteiger partial charge in [-0.25, -0.2) is 4.99 Å². The molecule has 23 heavy (non-hydrogen) atoms. The van der Waals surface area contributed by atoms with Crippen molar-refractivity contribution in [1.29, 1.82) is 0 Å². The van der Waals surface area contributed by atoms with E-state index in [1.807, 2.05) is 20.8 Å². The molecule has 0 aliphatic carbocycles. The van der Waals surface area contributed by atoms with E-state index in [1.165, 1.54) is 0 Å². The fourth-order valence-electron chi connectivity index (χ4n) is 1.69. The molecule has 1 aromatic rings. The molecule has 0 fully saturated rings. The highest BCUT2D eigenvalue weighted by Crippen LogP contribution is 2.23. The van der Waals surface area contributed by atoms with Crippen molar-refractivity contribution in [3.63, 3.8) is 0 Å². The second-order valence-electron chi connectivity index (χ2n) is 5.51. The summed E-state index contributed by atoms with van der Waals surface area (Å²) >= 11 is 0. The summed E-state index contributed by atoms with van der Waals surface area (Å²) in [5.74, 6) is 1.58. The zero-order valence-electron chi connectivity index (χ0n) is 14.5. The van der Waals surface area contributed by atoms with Crippen molar-refractivity contribution in [1.82, 2.24) is 10.6 Å². The fourth-order valence-corrected chi connectivity index (χ4v) is 1.69. The predicted molar refractivity (Wildman–Crippen MR) is 104 cm³/mol. The van der Waals surface area contributed by atoms with Gasteiger partial charge < -0.3 is 25.2 Å². The fraction of sp³-hybridized carbons (Fsp3) is 0.562. The highest BCUT2D eigenvalue weighted by molar-refractivity contribution is 14.0. The lowest BCUT2D eigenvalue weighted by atomic mass is 10.1. The van der Waals surface area contributed by atoms with Gasteiger partial charge in [0.1, 0.15) is 11.5 Å². The zero-order chi connectivity index (χ0) is 16.6. The van der Waals surface area contributed by atoms with E-state index in [2.05, 4.69) is 15.6 Å². The number of hydrogen-bond acceptors (Lipinski definition) is 4. The number of rotatable bonds is 7. The number of hydrogen-bond donors (Lipinski definition) is 3. The molecule has 7 heteroatoms. The molecule has 0 saturated carbocycles. The number of phenolic OH excluding ortho intramolecular Hbond substituents is 1. The summed E-state index contributed by atoms with van der Waals surface area (Å²) in [6.07, 6.45) is 0. The quantitative estimate of drug-likeness (QED) is 0.347. The number of aliphatic imine (C=N–C) groups is 1. The van der Waals surface area contributed by atoms with Crippen LogP contribution >= 0.6 is 24.0 Å². The molecule has 0 aromatic heterocycles. The Labute approximate surface area is 155 Å². The van der Waals surface area contributed by atoms with Crippen molar-refractivity contribution in [2.75, 3.05) is 27.3 Å². The van der Waals surface area contributed by atoms with E-state index in [-0.39, 0.29) is 35.3 Å². The van der Waals surface area contributed by atoms with Crippen LogP contribution in [0.3, 0.4) is 0 Å². The van der Waals surface area contributed by atoms with Crippen LogP contribution in [0.4, 0.5) is 0 Å². The zero-order valence-corrected chi connectivity index (χ0v) is 16.8. The molecule has 0 radical (unpaired) electrons. The number of aromatic hydroxyl groups is 1. The first-order chi connectivity index (χ1) is 10.4. The van der Waals surface area contributed by atoms with E-state index in [9.17, 15) is 5.11 Å². The number of nitrogens with one attached hydrogen (secondary N) is 2. The number of nitrogens with zero attached hydrogens (tertiary/aromatic N) is 1. The molecule has 0 saturated heterocycles. The van der Waals surface area contributed by atoms with Crippen molar-refractivity contribution < 1.29 is 14.6 Å². The number of benzene rings is 1. The number of phenols is 1. The average Bonchev–Trinajstić information content (AvgIpc) is 2.51. The summed E-state index contributed by atoms with van der Waals surface area (Å²) in [7, 11) is 3.28. The van der Waals surface area contributed by atoms with Gasteiger partial charge in [0.2, 0.25) is 0 Å². The minimum absolute atomic E-state index is 0. The molecule has 0 aliphatic heterocycles. The van der Waals surface area contributed by atoms with Crippen LogP contribution in [-0.2, 0) is 11.3 Å². The molecular weight excluding hydrogens is 409 g/mol. The lowest BCUT2D eigenvalue weighted by molar-refractivity contribution is 0.0268. The normalized spacial score (nSPS) is 11.6. The van der Waals surface area contributed by atoms with Gasteiger partial charge in [0.05, 0.1) is 19.3 Å². The third kappa shape index (κ3) is 7.74. The summed E-state index contributed by atoms with van der Waals surface area (Å²) in [5.41, 5.74) is 0.427. The second kappa shape index (κ2) is 10.5.